The topological polar surface area (TPSA) is 68.8 Å². The summed E-state index contributed by atoms with van der Waals surface area (Å²) < 4.78 is 0. The molecule has 2 unspecified atom stereocenters. The zero-order valence-electron chi connectivity index (χ0n) is 18.5. The van der Waals surface area contributed by atoms with Gasteiger partial charge in [0.1, 0.15) is 12.6 Å². The number of para-hydroxylation sites is 1. The van der Waals surface area contributed by atoms with Crippen molar-refractivity contribution in [2.75, 3.05) is 6.54 Å². The third-order valence-corrected chi connectivity index (χ3v) is 7.34. The van der Waals surface area contributed by atoms with Crippen LogP contribution >= 0.6 is 23.2 Å². The van der Waals surface area contributed by atoms with Crippen LogP contribution in [0.4, 0.5) is 0 Å². The summed E-state index contributed by atoms with van der Waals surface area (Å²) in [5.41, 5.74) is 4.45. The molecule has 0 aliphatic carbocycles. The predicted molar refractivity (Wildman–Crippen MR) is 137 cm³/mol. The Morgan fingerprint density at radius 3 is 2.40 bits per heavy atom. The second-order valence-corrected chi connectivity index (χ2v) is 9.49. The quantitative estimate of drug-likeness (QED) is 0.391. The van der Waals surface area contributed by atoms with E-state index < -0.39 is 12.1 Å². The van der Waals surface area contributed by atoms with Gasteiger partial charge in [0, 0.05) is 28.6 Å². The lowest BCUT2D eigenvalue weighted by Gasteiger charge is -2.45. The van der Waals surface area contributed by atoms with E-state index in [1.807, 2.05) is 54.6 Å². The number of hydrogen-bond acceptors (Lipinski definition) is 3. The number of H-pyrrole nitrogens is 1. The molecule has 0 bridgehead atoms. The van der Waals surface area contributed by atoms with Crippen LogP contribution in [0.3, 0.4) is 0 Å². The average Bonchev–Trinajstić information content (AvgIpc) is 3.24. The fraction of sp³-hybridized carbons (Fsp3) is 0.148. The van der Waals surface area contributed by atoms with E-state index in [4.69, 9.17) is 23.2 Å². The molecule has 0 saturated carbocycles. The summed E-state index contributed by atoms with van der Waals surface area (Å²) in [6, 6.07) is 21.9. The molecule has 1 aromatic heterocycles. The van der Waals surface area contributed by atoms with Crippen LogP contribution in [0.25, 0.3) is 10.9 Å². The summed E-state index contributed by atoms with van der Waals surface area (Å²) in [6.45, 7) is -0.160. The molecule has 174 valence electrons. The Labute approximate surface area is 211 Å². The molecule has 3 aromatic carbocycles. The van der Waals surface area contributed by atoms with Crippen molar-refractivity contribution in [3.8, 4) is 0 Å². The number of fused-ring (bicyclic) bond motifs is 4. The second kappa shape index (κ2) is 8.56. The maximum atomic E-state index is 13.7. The van der Waals surface area contributed by atoms with Gasteiger partial charge in [-0.1, -0.05) is 77.8 Å². The number of carbonyl (C=O) groups is 2. The lowest BCUT2D eigenvalue weighted by Crippen LogP contribution is -2.61. The molecule has 35 heavy (non-hydrogen) atoms. The van der Waals surface area contributed by atoms with Crippen LogP contribution in [0.5, 0.6) is 0 Å². The highest BCUT2D eigenvalue weighted by atomic mass is 35.5. The number of amides is 2. The van der Waals surface area contributed by atoms with Crippen molar-refractivity contribution >= 4 is 52.1 Å². The first-order chi connectivity index (χ1) is 17.0. The van der Waals surface area contributed by atoms with Gasteiger partial charge in [-0.05, 0) is 29.3 Å². The van der Waals surface area contributed by atoms with Gasteiger partial charge in [-0.3, -0.25) is 9.59 Å². The maximum Gasteiger partial charge on any atom is 0.266 e. The largest absolute Gasteiger partial charge is 0.356 e. The molecule has 2 amide bonds. The molecule has 1 saturated heterocycles. The number of rotatable bonds is 3. The molecule has 2 aliphatic heterocycles. The van der Waals surface area contributed by atoms with Crippen molar-refractivity contribution in [3.05, 3.63) is 105 Å². The van der Waals surface area contributed by atoms with Crippen LogP contribution in [0.15, 0.2) is 77.9 Å². The molecule has 4 aromatic rings. The molecule has 3 heterocycles. The first kappa shape index (κ1) is 21.9. The molecule has 2 aliphatic rings. The van der Waals surface area contributed by atoms with Crippen LogP contribution in [-0.2, 0) is 16.0 Å². The summed E-state index contributed by atoms with van der Waals surface area (Å²) >= 11 is 12.5. The number of piperazine rings is 1. The van der Waals surface area contributed by atoms with Crippen LogP contribution in [0.2, 0.25) is 10.0 Å². The lowest BCUT2D eigenvalue weighted by molar-refractivity contribution is -0.158. The van der Waals surface area contributed by atoms with Crippen LogP contribution < -0.4 is 0 Å². The molecule has 1 N–H and O–H groups in total. The van der Waals surface area contributed by atoms with E-state index in [0.717, 1.165) is 27.7 Å². The number of hydrogen-bond donors (Lipinski definition) is 1. The number of benzene rings is 3. The summed E-state index contributed by atoms with van der Waals surface area (Å²) in [4.78, 5) is 32.5. The van der Waals surface area contributed by atoms with Gasteiger partial charge in [0.25, 0.3) is 5.91 Å². The van der Waals surface area contributed by atoms with Crippen molar-refractivity contribution < 1.29 is 9.59 Å². The zero-order chi connectivity index (χ0) is 24.1. The first-order valence-electron chi connectivity index (χ1n) is 11.3. The van der Waals surface area contributed by atoms with E-state index in [-0.39, 0.29) is 18.4 Å². The minimum absolute atomic E-state index is 0.160. The second-order valence-electron chi connectivity index (χ2n) is 8.67. The average molecular weight is 503 g/mol. The van der Waals surface area contributed by atoms with Crippen molar-refractivity contribution in [3.63, 3.8) is 0 Å². The number of aromatic nitrogens is 1. The highest BCUT2D eigenvalue weighted by Gasteiger charge is 2.48. The van der Waals surface area contributed by atoms with E-state index >= 15 is 0 Å². The first-order valence-corrected chi connectivity index (χ1v) is 12.0. The number of nitrogens with zero attached hydrogens (tertiary/aromatic N) is 3. The van der Waals surface area contributed by atoms with Gasteiger partial charge in [0.15, 0.2) is 0 Å². The van der Waals surface area contributed by atoms with Gasteiger partial charge in [-0.15, -0.1) is 0 Å². The molecular formula is C27H20Cl2N4O2. The molecule has 2 atom stereocenters. The number of halogens is 2. The Kier molecular flexibility index (Phi) is 5.35. The van der Waals surface area contributed by atoms with E-state index in [1.165, 1.54) is 11.2 Å². The smallest absolute Gasteiger partial charge is 0.266 e. The normalized spacial score (nSPS) is 19.9. The van der Waals surface area contributed by atoms with E-state index in [2.05, 4.69) is 10.1 Å². The van der Waals surface area contributed by atoms with Gasteiger partial charge < -0.3 is 9.88 Å². The standard InChI is InChI=1S/C27H20Cl2N4O2/c28-20-10-6-11-21(29)19(20)14-30-32-15-24(34)33-23(27(32)35)13-18-17-9-4-5-12-22(17)31-25(18)26(33)16-7-2-1-3-8-16/h1-12,14,23,26,31H,13,15H2. The SMILES string of the molecule is O=C1C2Cc3c([nH]c4ccccc34)C(c3ccccc3)N2C(=O)CN1N=Cc1c(Cl)cccc1Cl. The number of aromatic amines is 1. The number of carbonyl (C=O) groups excluding carboxylic acids is 2. The monoisotopic (exact) mass is 502 g/mol. The van der Waals surface area contributed by atoms with E-state index in [1.54, 1.807) is 23.1 Å². The van der Waals surface area contributed by atoms with Gasteiger partial charge in [-0.2, -0.15) is 5.10 Å². The van der Waals surface area contributed by atoms with Gasteiger partial charge >= 0.3 is 0 Å². The Hall–Kier alpha value is -3.61. The Morgan fingerprint density at radius 2 is 1.63 bits per heavy atom. The van der Waals surface area contributed by atoms with Gasteiger partial charge in [-0.25, -0.2) is 5.01 Å². The summed E-state index contributed by atoms with van der Waals surface area (Å²) in [5.74, 6) is -0.406. The van der Waals surface area contributed by atoms with Gasteiger partial charge in [0.2, 0.25) is 5.91 Å². The molecular weight excluding hydrogens is 483 g/mol. The highest BCUT2D eigenvalue weighted by Crippen LogP contribution is 2.42. The van der Waals surface area contributed by atoms with Crippen molar-refractivity contribution in [2.45, 2.75) is 18.5 Å². The van der Waals surface area contributed by atoms with Crippen molar-refractivity contribution in [1.29, 1.82) is 0 Å². The summed E-state index contributed by atoms with van der Waals surface area (Å²) in [5, 5.41) is 7.47. The third kappa shape index (κ3) is 3.61. The number of hydrazone groups is 1. The molecule has 6 nitrogen and oxygen atoms in total. The van der Waals surface area contributed by atoms with E-state index in [0.29, 0.717) is 22.0 Å². The van der Waals surface area contributed by atoms with Crippen LogP contribution in [0, 0.1) is 0 Å². The van der Waals surface area contributed by atoms with Crippen molar-refractivity contribution in [1.82, 2.24) is 14.9 Å². The minimum Gasteiger partial charge on any atom is -0.356 e. The third-order valence-electron chi connectivity index (χ3n) is 6.69. The molecule has 0 radical (unpaired) electrons. The minimum atomic E-state index is -0.674. The summed E-state index contributed by atoms with van der Waals surface area (Å²) in [7, 11) is 0. The highest BCUT2D eigenvalue weighted by molar-refractivity contribution is 6.38. The maximum absolute atomic E-state index is 13.7. The molecule has 6 rings (SSSR count). The fourth-order valence-electron chi connectivity index (χ4n) is 5.09. The van der Waals surface area contributed by atoms with Crippen LogP contribution in [-0.4, -0.2) is 45.5 Å². The van der Waals surface area contributed by atoms with E-state index in [9.17, 15) is 9.59 Å². The van der Waals surface area contributed by atoms with Gasteiger partial charge in [0.05, 0.1) is 22.3 Å². The molecule has 1 fully saturated rings. The molecule has 8 heteroatoms. The zero-order valence-corrected chi connectivity index (χ0v) is 20.0. The fourth-order valence-corrected chi connectivity index (χ4v) is 5.59. The number of nitrogens with one attached hydrogen (secondary N) is 1. The Morgan fingerprint density at radius 1 is 0.914 bits per heavy atom. The lowest BCUT2D eigenvalue weighted by atomic mass is 9.86. The Balaban J connectivity index is 1.43. The Bertz CT molecular complexity index is 1480. The predicted octanol–water partition coefficient (Wildman–Crippen LogP) is 5.19. The van der Waals surface area contributed by atoms with Crippen LogP contribution in [0.1, 0.15) is 28.4 Å². The van der Waals surface area contributed by atoms with Crippen molar-refractivity contribution in [2.24, 2.45) is 5.10 Å². The molecule has 0 spiro atoms. The summed E-state index contributed by atoms with van der Waals surface area (Å²) in [6.07, 6.45) is 1.85.